The molecule has 0 bridgehead atoms. The molecule has 2 heteroatoms. The van der Waals surface area contributed by atoms with Crippen molar-refractivity contribution in [2.45, 2.75) is 19.3 Å². The van der Waals surface area contributed by atoms with E-state index < -0.39 is 0 Å². The summed E-state index contributed by atoms with van der Waals surface area (Å²) in [6.07, 6.45) is 0. The summed E-state index contributed by atoms with van der Waals surface area (Å²) in [6, 6.07) is 0. The molecule has 0 amide bonds. The Bertz CT molecular complexity index is 12.3. The monoisotopic (exact) mass is 109 g/mol. The van der Waals surface area contributed by atoms with Crippen molar-refractivity contribution in [3.8, 4) is 0 Å². The Balaban J connectivity index is 0. The van der Waals surface area contributed by atoms with Crippen molar-refractivity contribution in [1.82, 2.24) is 0 Å². The van der Waals surface area contributed by atoms with E-state index in [2.05, 4.69) is 12.7 Å². The molecule has 0 saturated heterocycles. The largest absolute Gasteiger partial charge is 0.346 e. The zero-order chi connectivity index (χ0) is 5.58. The maximum absolute atomic E-state index is 5.16. The van der Waals surface area contributed by atoms with Gasteiger partial charge in [-0.3, -0.25) is 0 Å². The predicted molar refractivity (Wildman–Crippen MR) is 29.2 cm³/mol. The van der Waals surface area contributed by atoms with E-state index >= 15 is 0 Å². The van der Waals surface area contributed by atoms with Crippen molar-refractivity contribution >= 4 is 11.6 Å². The van der Waals surface area contributed by atoms with Crippen molar-refractivity contribution in [2.75, 3.05) is 0 Å². The summed E-state index contributed by atoms with van der Waals surface area (Å²) < 4.78 is 0. The van der Waals surface area contributed by atoms with Crippen LogP contribution in [0, 0.1) is 6.92 Å². The SMILES string of the molecule is CC([NH3+])Cl.[CH2-]C. The second kappa shape index (κ2) is 8.98. The van der Waals surface area contributed by atoms with Crippen LogP contribution in [0.5, 0.6) is 0 Å². The summed E-state index contributed by atoms with van der Waals surface area (Å²) in [4.78, 5) is 0. The van der Waals surface area contributed by atoms with Gasteiger partial charge in [-0.05, 0) is 0 Å². The van der Waals surface area contributed by atoms with Gasteiger partial charge < -0.3 is 12.7 Å². The number of hydrogen-bond donors (Lipinski definition) is 1. The second-order valence-electron chi connectivity index (χ2n) is 0.781. The lowest BCUT2D eigenvalue weighted by Gasteiger charge is -1.73. The van der Waals surface area contributed by atoms with Crippen LogP contribution in [-0.4, -0.2) is 5.50 Å². The number of alkyl halides is 1. The Morgan fingerprint density at radius 3 is 1.67 bits per heavy atom. The molecule has 0 aromatic rings. The van der Waals surface area contributed by atoms with Crippen LogP contribution < -0.4 is 5.73 Å². The van der Waals surface area contributed by atoms with Gasteiger partial charge in [-0.2, -0.15) is 6.92 Å². The number of quaternary nitrogens is 1. The first kappa shape index (κ1) is 9.54. The Kier molecular flexibility index (Phi) is 14.3. The van der Waals surface area contributed by atoms with Crippen LogP contribution in [0.2, 0.25) is 0 Å². The molecule has 0 rings (SSSR count). The van der Waals surface area contributed by atoms with E-state index in [1.54, 1.807) is 6.92 Å². The first-order valence-electron chi connectivity index (χ1n) is 1.91. The van der Waals surface area contributed by atoms with E-state index in [-0.39, 0.29) is 5.50 Å². The van der Waals surface area contributed by atoms with Crippen LogP contribution in [0.1, 0.15) is 13.8 Å². The molecular formula is C4H12ClN. The Hall–Kier alpha value is 0.250. The standard InChI is InChI=1S/C2H6ClN.C2H5/c1-2(3)4;1-2/h2H,4H2,1H3;1H2,2H3/q;-1/p+1. The summed E-state index contributed by atoms with van der Waals surface area (Å²) in [6.45, 7) is 6.82. The molecule has 0 aliphatic rings. The highest BCUT2D eigenvalue weighted by Gasteiger charge is 1.76. The molecule has 1 atom stereocenters. The van der Waals surface area contributed by atoms with E-state index in [0.29, 0.717) is 0 Å². The molecule has 1 nitrogen and oxygen atoms in total. The van der Waals surface area contributed by atoms with Crippen LogP contribution in [-0.2, 0) is 0 Å². The van der Waals surface area contributed by atoms with E-state index in [1.165, 1.54) is 0 Å². The van der Waals surface area contributed by atoms with Crippen molar-refractivity contribution in [3.63, 3.8) is 0 Å². The van der Waals surface area contributed by atoms with Gasteiger partial charge in [0, 0.05) is 6.92 Å². The highest BCUT2D eigenvalue weighted by molar-refractivity contribution is 6.18. The molecule has 6 heavy (non-hydrogen) atoms. The molecule has 1 unspecified atom stereocenters. The van der Waals surface area contributed by atoms with Gasteiger partial charge in [0.15, 0.2) is 5.50 Å². The van der Waals surface area contributed by atoms with Gasteiger partial charge >= 0.3 is 0 Å². The second-order valence-corrected chi connectivity index (χ2v) is 1.53. The van der Waals surface area contributed by atoms with Crippen LogP contribution in [0.4, 0.5) is 0 Å². The first-order valence-corrected chi connectivity index (χ1v) is 2.35. The maximum Gasteiger partial charge on any atom is 0.157 e. The van der Waals surface area contributed by atoms with E-state index in [9.17, 15) is 0 Å². The van der Waals surface area contributed by atoms with Gasteiger partial charge in [0.1, 0.15) is 0 Å². The molecule has 0 fully saturated rings. The van der Waals surface area contributed by atoms with Crippen molar-refractivity contribution in [3.05, 3.63) is 6.92 Å². The lowest BCUT2D eigenvalue weighted by atomic mass is 10.8. The molecular weight excluding hydrogens is 97.5 g/mol. The van der Waals surface area contributed by atoms with Crippen LogP contribution in [0.15, 0.2) is 0 Å². The molecule has 0 aromatic carbocycles. The fraction of sp³-hybridized carbons (Fsp3) is 0.750. The lowest BCUT2D eigenvalue weighted by Crippen LogP contribution is -2.55. The van der Waals surface area contributed by atoms with E-state index in [4.69, 9.17) is 11.6 Å². The van der Waals surface area contributed by atoms with Gasteiger partial charge in [0.25, 0.3) is 0 Å². The summed E-state index contributed by atoms with van der Waals surface area (Å²) in [5.74, 6) is 0. The Labute approximate surface area is 44.5 Å². The Morgan fingerprint density at radius 2 is 1.67 bits per heavy atom. The third-order valence-electron chi connectivity index (χ3n) is 0. The summed E-state index contributed by atoms with van der Waals surface area (Å²) in [5, 5.41) is 0. The van der Waals surface area contributed by atoms with Gasteiger partial charge in [-0.25, -0.2) is 0 Å². The smallest absolute Gasteiger partial charge is 0.157 e. The molecule has 0 saturated carbocycles. The van der Waals surface area contributed by atoms with Crippen LogP contribution >= 0.6 is 11.6 Å². The molecule has 0 aliphatic heterocycles. The lowest BCUT2D eigenvalue weighted by molar-refractivity contribution is -0.383. The van der Waals surface area contributed by atoms with Crippen molar-refractivity contribution in [1.29, 1.82) is 0 Å². The number of halogens is 1. The topological polar surface area (TPSA) is 27.6 Å². The molecule has 0 aliphatic carbocycles. The minimum atomic E-state index is 0.0556. The molecule has 0 spiro atoms. The van der Waals surface area contributed by atoms with E-state index in [0.717, 1.165) is 0 Å². The van der Waals surface area contributed by atoms with Crippen LogP contribution in [0.25, 0.3) is 0 Å². The minimum Gasteiger partial charge on any atom is -0.346 e. The average molecular weight is 110 g/mol. The molecule has 40 valence electrons. The molecule has 0 radical (unpaired) electrons. The third-order valence-corrected chi connectivity index (χ3v) is 0. The first-order chi connectivity index (χ1) is 2.73. The zero-order valence-corrected chi connectivity index (χ0v) is 5.13. The fourth-order valence-corrected chi connectivity index (χ4v) is 0. The highest BCUT2D eigenvalue weighted by atomic mass is 35.5. The van der Waals surface area contributed by atoms with Gasteiger partial charge in [0.05, 0.1) is 0 Å². The summed E-state index contributed by atoms with van der Waals surface area (Å²) in [5.41, 5.74) is 3.46. The van der Waals surface area contributed by atoms with E-state index in [1.807, 2.05) is 6.92 Å². The molecule has 0 aromatic heterocycles. The zero-order valence-electron chi connectivity index (χ0n) is 4.37. The summed E-state index contributed by atoms with van der Waals surface area (Å²) >= 11 is 5.16. The summed E-state index contributed by atoms with van der Waals surface area (Å²) in [7, 11) is 0. The highest BCUT2D eigenvalue weighted by Crippen LogP contribution is 1.70. The predicted octanol–water partition coefficient (Wildman–Crippen LogP) is 0.653. The average Bonchev–Trinajstić information content (AvgIpc) is 1.41. The number of rotatable bonds is 0. The fourth-order valence-electron chi connectivity index (χ4n) is 0. The van der Waals surface area contributed by atoms with Gasteiger partial charge in [0.2, 0.25) is 0 Å². The van der Waals surface area contributed by atoms with Crippen LogP contribution in [0.3, 0.4) is 0 Å². The van der Waals surface area contributed by atoms with Gasteiger partial charge in [-0.1, -0.05) is 11.6 Å². The maximum atomic E-state index is 5.16. The molecule has 0 heterocycles. The normalized spacial score (nSPS) is 11.5. The van der Waals surface area contributed by atoms with Crippen molar-refractivity contribution in [2.24, 2.45) is 0 Å². The molecule has 3 N–H and O–H groups in total. The minimum absolute atomic E-state index is 0.0556. The quantitative estimate of drug-likeness (QED) is 0.269. The Morgan fingerprint density at radius 1 is 1.67 bits per heavy atom. The third kappa shape index (κ3) is 718. The van der Waals surface area contributed by atoms with Crippen molar-refractivity contribution < 1.29 is 5.73 Å². The van der Waals surface area contributed by atoms with Gasteiger partial charge in [-0.15, -0.1) is 0 Å². The number of hydrogen-bond acceptors (Lipinski definition) is 0.